The summed E-state index contributed by atoms with van der Waals surface area (Å²) in [4.78, 5) is 13.7. The van der Waals surface area contributed by atoms with Crippen LogP contribution < -0.4 is 4.74 Å². The summed E-state index contributed by atoms with van der Waals surface area (Å²) in [6.07, 6.45) is 0.679. The molecule has 1 atom stereocenters. The SMILES string of the molecule is CC1CN(CCOc2cccc(Br)c2)CCC1=O. The summed E-state index contributed by atoms with van der Waals surface area (Å²) in [6.45, 7) is 5.27. The number of ether oxygens (including phenoxy) is 1. The molecular weight excluding hydrogens is 294 g/mol. The Hall–Kier alpha value is -0.870. The highest BCUT2D eigenvalue weighted by atomic mass is 79.9. The highest BCUT2D eigenvalue weighted by Crippen LogP contribution is 2.18. The van der Waals surface area contributed by atoms with E-state index in [1.165, 1.54) is 0 Å². The van der Waals surface area contributed by atoms with E-state index in [4.69, 9.17) is 4.74 Å². The van der Waals surface area contributed by atoms with Crippen LogP contribution in [0, 0.1) is 5.92 Å². The lowest BCUT2D eigenvalue weighted by molar-refractivity contribution is -0.125. The van der Waals surface area contributed by atoms with Gasteiger partial charge in [-0.05, 0) is 18.2 Å². The zero-order valence-corrected chi connectivity index (χ0v) is 12.1. The molecule has 0 aliphatic carbocycles. The van der Waals surface area contributed by atoms with Crippen molar-refractivity contribution < 1.29 is 9.53 Å². The van der Waals surface area contributed by atoms with Gasteiger partial charge < -0.3 is 4.74 Å². The summed E-state index contributed by atoms with van der Waals surface area (Å²) in [6, 6.07) is 7.85. The van der Waals surface area contributed by atoms with Crippen LogP contribution >= 0.6 is 15.9 Å². The maximum absolute atomic E-state index is 11.4. The molecule has 0 bridgehead atoms. The van der Waals surface area contributed by atoms with Crippen molar-refractivity contribution in [2.24, 2.45) is 5.92 Å². The molecule has 0 spiro atoms. The van der Waals surface area contributed by atoms with Gasteiger partial charge in [0.2, 0.25) is 0 Å². The van der Waals surface area contributed by atoms with Gasteiger partial charge in [-0.2, -0.15) is 0 Å². The van der Waals surface area contributed by atoms with Crippen LogP contribution in [0.15, 0.2) is 28.7 Å². The summed E-state index contributed by atoms with van der Waals surface area (Å²) in [5.74, 6) is 1.44. The molecule has 0 amide bonds. The van der Waals surface area contributed by atoms with E-state index in [0.29, 0.717) is 18.8 Å². The second-order valence-electron chi connectivity index (χ2n) is 4.72. The Morgan fingerprint density at radius 1 is 1.50 bits per heavy atom. The van der Waals surface area contributed by atoms with E-state index >= 15 is 0 Å². The summed E-state index contributed by atoms with van der Waals surface area (Å²) in [5.41, 5.74) is 0. The summed E-state index contributed by atoms with van der Waals surface area (Å²) in [5, 5.41) is 0. The fraction of sp³-hybridized carbons (Fsp3) is 0.500. The third-order valence-electron chi connectivity index (χ3n) is 3.23. The number of halogens is 1. The summed E-state index contributed by atoms with van der Waals surface area (Å²) < 4.78 is 6.72. The van der Waals surface area contributed by atoms with Gasteiger partial charge in [-0.1, -0.05) is 28.9 Å². The number of piperidine rings is 1. The van der Waals surface area contributed by atoms with Crippen LogP contribution in [0.5, 0.6) is 5.75 Å². The van der Waals surface area contributed by atoms with Crippen molar-refractivity contribution in [3.05, 3.63) is 28.7 Å². The van der Waals surface area contributed by atoms with Gasteiger partial charge in [0.25, 0.3) is 0 Å². The van der Waals surface area contributed by atoms with E-state index < -0.39 is 0 Å². The first-order valence-electron chi connectivity index (χ1n) is 6.28. The number of likely N-dealkylation sites (tertiary alicyclic amines) is 1. The smallest absolute Gasteiger partial charge is 0.138 e. The lowest BCUT2D eigenvalue weighted by Gasteiger charge is -2.29. The number of hydrogen-bond donors (Lipinski definition) is 0. The molecule has 0 aromatic heterocycles. The zero-order chi connectivity index (χ0) is 13.0. The Morgan fingerprint density at radius 2 is 2.33 bits per heavy atom. The van der Waals surface area contributed by atoms with E-state index in [0.717, 1.165) is 29.9 Å². The summed E-state index contributed by atoms with van der Waals surface area (Å²) >= 11 is 3.42. The first-order chi connectivity index (χ1) is 8.65. The van der Waals surface area contributed by atoms with Crippen molar-refractivity contribution in [1.82, 2.24) is 4.90 Å². The number of Topliss-reactive ketones (excluding diaryl/α,β-unsaturated/α-hetero) is 1. The number of benzene rings is 1. The average molecular weight is 312 g/mol. The Morgan fingerprint density at radius 3 is 3.06 bits per heavy atom. The molecule has 1 unspecified atom stereocenters. The molecule has 1 aromatic rings. The van der Waals surface area contributed by atoms with Crippen LogP contribution in [0.25, 0.3) is 0 Å². The Kier molecular flexibility index (Phi) is 4.78. The third kappa shape index (κ3) is 3.82. The lowest BCUT2D eigenvalue weighted by Crippen LogP contribution is -2.41. The van der Waals surface area contributed by atoms with Crippen molar-refractivity contribution in [3.63, 3.8) is 0 Å². The van der Waals surface area contributed by atoms with E-state index in [1.807, 2.05) is 31.2 Å². The van der Waals surface area contributed by atoms with Gasteiger partial charge in [0, 0.05) is 36.4 Å². The van der Waals surface area contributed by atoms with Crippen LogP contribution in [-0.2, 0) is 4.79 Å². The second-order valence-corrected chi connectivity index (χ2v) is 5.64. The predicted octanol–water partition coefficient (Wildman–Crippen LogP) is 2.74. The van der Waals surface area contributed by atoms with Crippen molar-refractivity contribution in [2.75, 3.05) is 26.2 Å². The molecule has 18 heavy (non-hydrogen) atoms. The van der Waals surface area contributed by atoms with E-state index in [9.17, 15) is 4.79 Å². The minimum Gasteiger partial charge on any atom is -0.492 e. The summed E-state index contributed by atoms with van der Waals surface area (Å²) in [7, 11) is 0. The third-order valence-corrected chi connectivity index (χ3v) is 3.72. The number of carbonyl (C=O) groups excluding carboxylic acids is 1. The molecule has 4 heteroatoms. The fourth-order valence-corrected chi connectivity index (χ4v) is 2.53. The molecular formula is C14H18BrNO2. The van der Waals surface area contributed by atoms with Crippen molar-refractivity contribution in [1.29, 1.82) is 0 Å². The molecule has 98 valence electrons. The molecule has 1 aliphatic heterocycles. The molecule has 1 heterocycles. The largest absolute Gasteiger partial charge is 0.492 e. The number of hydrogen-bond acceptors (Lipinski definition) is 3. The van der Waals surface area contributed by atoms with Crippen LogP contribution in [0.4, 0.5) is 0 Å². The molecule has 3 nitrogen and oxygen atoms in total. The van der Waals surface area contributed by atoms with E-state index in [2.05, 4.69) is 20.8 Å². The van der Waals surface area contributed by atoms with Crippen molar-refractivity contribution in [3.8, 4) is 5.75 Å². The second kappa shape index (κ2) is 6.34. The van der Waals surface area contributed by atoms with E-state index in [1.54, 1.807) is 0 Å². The first kappa shape index (κ1) is 13.6. The van der Waals surface area contributed by atoms with Gasteiger partial charge in [0.1, 0.15) is 18.1 Å². The predicted molar refractivity (Wildman–Crippen MR) is 74.9 cm³/mol. The fourth-order valence-electron chi connectivity index (χ4n) is 2.15. The number of ketones is 1. The first-order valence-corrected chi connectivity index (χ1v) is 7.08. The minimum absolute atomic E-state index is 0.171. The highest BCUT2D eigenvalue weighted by molar-refractivity contribution is 9.10. The van der Waals surface area contributed by atoms with E-state index in [-0.39, 0.29) is 5.92 Å². The van der Waals surface area contributed by atoms with Gasteiger partial charge in [0.15, 0.2) is 0 Å². The molecule has 0 N–H and O–H groups in total. The van der Waals surface area contributed by atoms with Gasteiger partial charge in [0.05, 0.1) is 0 Å². The lowest BCUT2D eigenvalue weighted by atomic mass is 9.99. The van der Waals surface area contributed by atoms with Gasteiger partial charge >= 0.3 is 0 Å². The molecule has 1 fully saturated rings. The standard InChI is InChI=1S/C14H18BrNO2/c1-11-10-16(6-5-14(11)17)7-8-18-13-4-2-3-12(15)9-13/h2-4,9,11H,5-8,10H2,1H3. The molecule has 1 aliphatic rings. The zero-order valence-electron chi connectivity index (χ0n) is 10.6. The Bertz CT molecular complexity index is 422. The van der Waals surface area contributed by atoms with Crippen LogP contribution in [0.3, 0.4) is 0 Å². The average Bonchev–Trinajstić information content (AvgIpc) is 2.34. The maximum Gasteiger partial charge on any atom is 0.138 e. The van der Waals surface area contributed by atoms with Gasteiger partial charge in [-0.15, -0.1) is 0 Å². The van der Waals surface area contributed by atoms with Crippen LogP contribution in [-0.4, -0.2) is 36.9 Å². The molecule has 2 rings (SSSR count). The highest BCUT2D eigenvalue weighted by Gasteiger charge is 2.22. The van der Waals surface area contributed by atoms with Gasteiger partial charge in [-0.25, -0.2) is 0 Å². The molecule has 1 aromatic carbocycles. The molecule has 0 radical (unpaired) electrons. The normalized spacial score (nSPS) is 21.0. The van der Waals surface area contributed by atoms with Crippen molar-refractivity contribution in [2.45, 2.75) is 13.3 Å². The molecule has 0 saturated carbocycles. The Balaban J connectivity index is 1.74. The quantitative estimate of drug-likeness (QED) is 0.856. The number of nitrogens with zero attached hydrogens (tertiary/aromatic N) is 1. The minimum atomic E-state index is 0.171. The van der Waals surface area contributed by atoms with Crippen LogP contribution in [0.2, 0.25) is 0 Å². The maximum atomic E-state index is 11.4. The molecule has 1 saturated heterocycles. The van der Waals surface area contributed by atoms with Gasteiger partial charge in [-0.3, -0.25) is 9.69 Å². The van der Waals surface area contributed by atoms with Crippen LogP contribution in [0.1, 0.15) is 13.3 Å². The Labute approximate surface area is 116 Å². The number of rotatable bonds is 4. The topological polar surface area (TPSA) is 29.5 Å². The number of carbonyl (C=O) groups is 1. The van der Waals surface area contributed by atoms with Crippen molar-refractivity contribution >= 4 is 21.7 Å². The monoisotopic (exact) mass is 311 g/mol.